The molecule has 35 heavy (non-hydrogen) atoms. The number of piperazine rings is 1. The molecule has 0 radical (unpaired) electrons. The molecule has 0 bridgehead atoms. The van der Waals surface area contributed by atoms with Gasteiger partial charge in [0.25, 0.3) is 5.56 Å². The standard InChI is InChI=1S/C27H32N4O4/c32-26-23-9-5-4-8-22(23)25(27(33)34)24(31(26)21-6-2-1-3-7-21)20-30-14-12-28(13-15-30)10-11-29-16-18-35-19-17-29/h1-9H,10-20H2,(H,33,34). The quantitative estimate of drug-likeness (QED) is 0.560. The van der Waals surface area contributed by atoms with Crippen LogP contribution in [-0.4, -0.2) is 95.9 Å². The number of para-hydroxylation sites is 1. The molecule has 3 aromatic rings. The lowest BCUT2D eigenvalue weighted by atomic mass is 10.0. The van der Waals surface area contributed by atoms with Crippen molar-refractivity contribution < 1.29 is 14.6 Å². The number of morpholine rings is 1. The van der Waals surface area contributed by atoms with Crippen LogP contribution in [0.3, 0.4) is 0 Å². The minimum absolute atomic E-state index is 0.184. The summed E-state index contributed by atoms with van der Waals surface area (Å²) in [5.41, 5.74) is 1.24. The molecule has 8 nitrogen and oxygen atoms in total. The number of aromatic nitrogens is 1. The van der Waals surface area contributed by atoms with Crippen molar-refractivity contribution in [3.63, 3.8) is 0 Å². The van der Waals surface area contributed by atoms with E-state index in [1.807, 2.05) is 30.3 Å². The first-order valence-electron chi connectivity index (χ1n) is 12.3. The molecule has 184 valence electrons. The minimum atomic E-state index is -1.01. The summed E-state index contributed by atoms with van der Waals surface area (Å²) in [6.45, 7) is 9.62. The van der Waals surface area contributed by atoms with Crippen LogP contribution >= 0.6 is 0 Å². The summed E-state index contributed by atoms with van der Waals surface area (Å²) in [4.78, 5) is 33.3. The molecular weight excluding hydrogens is 444 g/mol. The third kappa shape index (κ3) is 5.16. The molecule has 3 heterocycles. The predicted octanol–water partition coefficient (Wildman–Crippen LogP) is 2.14. The van der Waals surface area contributed by atoms with Crippen molar-refractivity contribution in [1.29, 1.82) is 0 Å². The van der Waals surface area contributed by atoms with Gasteiger partial charge in [0.1, 0.15) is 0 Å². The van der Waals surface area contributed by atoms with Crippen molar-refractivity contribution in [3.05, 3.63) is 76.2 Å². The monoisotopic (exact) mass is 476 g/mol. The Labute approximate surface area is 204 Å². The van der Waals surface area contributed by atoms with Crippen molar-refractivity contribution in [2.45, 2.75) is 6.54 Å². The highest BCUT2D eigenvalue weighted by Crippen LogP contribution is 2.24. The van der Waals surface area contributed by atoms with Crippen LogP contribution in [0.5, 0.6) is 0 Å². The number of pyridine rings is 1. The van der Waals surface area contributed by atoms with Crippen LogP contribution in [0.25, 0.3) is 16.5 Å². The smallest absolute Gasteiger partial charge is 0.338 e. The van der Waals surface area contributed by atoms with Crippen molar-refractivity contribution in [2.24, 2.45) is 0 Å². The maximum Gasteiger partial charge on any atom is 0.338 e. The molecule has 0 unspecified atom stereocenters. The van der Waals surface area contributed by atoms with E-state index < -0.39 is 5.97 Å². The molecule has 5 rings (SSSR count). The average Bonchev–Trinajstić information content (AvgIpc) is 2.89. The Bertz CT molecular complexity index is 1230. The zero-order chi connectivity index (χ0) is 24.2. The van der Waals surface area contributed by atoms with E-state index in [1.165, 1.54) is 0 Å². The summed E-state index contributed by atoms with van der Waals surface area (Å²) >= 11 is 0. The molecule has 2 aliphatic heterocycles. The van der Waals surface area contributed by atoms with Crippen molar-refractivity contribution in [2.75, 3.05) is 65.6 Å². The zero-order valence-electron chi connectivity index (χ0n) is 19.9. The predicted molar refractivity (Wildman–Crippen MR) is 135 cm³/mol. The maximum absolute atomic E-state index is 13.6. The van der Waals surface area contributed by atoms with Gasteiger partial charge < -0.3 is 9.84 Å². The van der Waals surface area contributed by atoms with E-state index in [1.54, 1.807) is 28.8 Å². The van der Waals surface area contributed by atoms with Crippen LogP contribution in [0, 0.1) is 0 Å². The number of fused-ring (bicyclic) bond motifs is 1. The number of nitrogens with zero attached hydrogens (tertiary/aromatic N) is 4. The first-order chi connectivity index (χ1) is 17.1. The van der Waals surface area contributed by atoms with Gasteiger partial charge in [-0.3, -0.25) is 24.1 Å². The van der Waals surface area contributed by atoms with E-state index in [4.69, 9.17) is 4.74 Å². The highest BCUT2D eigenvalue weighted by Gasteiger charge is 2.26. The average molecular weight is 477 g/mol. The lowest BCUT2D eigenvalue weighted by molar-refractivity contribution is 0.0296. The summed E-state index contributed by atoms with van der Waals surface area (Å²) in [7, 11) is 0. The van der Waals surface area contributed by atoms with E-state index >= 15 is 0 Å². The van der Waals surface area contributed by atoms with Crippen molar-refractivity contribution in [3.8, 4) is 5.69 Å². The topological polar surface area (TPSA) is 78.2 Å². The molecule has 0 atom stereocenters. The summed E-state index contributed by atoms with van der Waals surface area (Å²) in [5, 5.41) is 11.2. The molecule has 2 aromatic carbocycles. The molecule has 0 aliphatic carbocycles. The van der Waals surface area contributed by atoms with E-state index in [2.05, 4.69) is 14.7 Å². The molecule has 0 amide bonds. The second kappa shape index (κ2) is 10.7. The molecule has 2 fully saturated rings. The number of carboxylic acids is 1. The number of ether oxygens (including phenoxy) is 1. The summed E-state index contributed by atoms with van der Waals surface area (Å²) in [5.74, 6) is -1.01. The summed E-state index contributed by atoms with van der Waals surface area (Å²) in [6.07, 6.45) is 0. The van der Waals surface area contributed by atoms with Crippen LogP contribution in [0.15, 0.2) is 59.4 Å². The van der Waals surface area contributed by atoms with Gasteiger partial charge >= 0.3 is 5.97 Å². The second-order valence-electron chi connectivity index (χ2n) is 9.22. The van der Waals surface area contributed by atoms with E-state index in [-0.39, 0.29) is 11.1 Å². The highest BCUT2D eigenvalue weighted by molar-refractivity contribution is 6.04. The molecular formula is C27H32N4O4. The van der Waals surface area contributed by atoms with Gasteiger partial charge in [0.05, 0.1) is 24.5 Å². The summed E-state index contributed by atoms with van der Waals surface area (Å²) < 4.78 is 7.03. The summed E-state index contributed by atoms with van der Waals surface area (Å²) in [6, 6.07) is 16.4. The molecule has 1 aromatic heterocycles. The van der Waals surface area contributed by atoms with Gasteiger partial charge in [-0.2, -0.15) is 0 Å². The van der Waals surface area contributed by atoms with E-state index in [9.17, 15) is 14.7 Å². The maximum atomic E-state index is 13.6. The largest absolute Gasteiger partial charge is 0.478 e. The van der Waals surface area contributed by atoms with Gasteiger partial charge in [0, 0.05) is 75.4 Å². The van der Waals surface area contributed by atoms with Gasteiger partial charge in [0.2, 0.25) is 0 Å². The number of hydrogen-bond donors (Lipinski definition) is 1. The van der Waals surface area contributed by atoms with Crippen molar-refractivity contribution in [1.82, 2.24) is 19.3 Å². The lowest BCUT2D eigenvalue weighted by Crippen LogP contribution is -2.49. The highest BCUT2D eigenvalue weighted by atomic mass is 16.5. The Hall–Kier alpha value is -3.04. The van der Waals surface area contributed by atoms with Crippen LogP contribution in [0.1, 0.15) is 16.1 Å². The Morgan fingerprint density at radius 2 is 1.34 bits per heavy atom. The third-order valence-electron chi connectivity index (χ3n) is 7.09. The number of aromatic carboxylic acids is 1. The van der Waals surface area contributed by atoms with Crippen LogP contribution in [0.2, 0.25) is 0 Å². The van der Waals surface area contributed by atoms with Gasteiger partial charge in [-0.15, -0.1) is 0 Å². The fourth-order valence-electron chi connectivity index (χ4n) is 5.13. The first-order valence-corrected chi connectivity index (χ1v) is 12.3. The number of benzene rings is 2. The van der Waals surface area contributed by atoms with Gasteiger partial charge in [-0.25, -0.2) is 4.79 Å². The van der Waals surface area contributed by atoms with Crippen LogP contribution in [-0.2, 0) is 11.3 Å². The molecule has 8 heteroatoms. The molecule has 0 saturated carbocycles. The number of carboxylic acid groups (broad SMARTS) is 1. The fraction of sp³-hybridized carbons (Fsp3) is 0.407. The number of hydrogen-bond acceptors (Lipinski definition) is 6. The molecule has 2 saturated heterocycles. The van der Waals surface area contributed by atoms with Gasteiger partial charge in [-0.1, -0.05) is 36.4 Å². The van der Waals surface area contributed by atoms with Crippen molar-refractivity contribution >= 4 is 16.7 Å². The first kappa shape index (κ1) is 23.7. The van der Waals surface area contributed by atoms with E-state index in [0.717, 1.165) is 65.6 Å². The van der Waals surface area contributed by atoms with E-state index in [0.29, 0.717) is 28.7 Å². The second-order valence-corrected chi connectivity index (χ2v) is 9.22. The normalized spacial score (nSPS) is 18.2. The Morgan fingerprint density at radius 1 is 0.771 bits per heavy atom. The Balaban J connectivity index is 1.40. The third-order valence-corrected chi connectivity index (χ3v) is 7.09. The SMILES string of the molecule is O=C(O)c1c(CN2CCN(CCN3CCOCC3)CC2)n(-c2ccccc2)c(=O)c2ccccc12. The fourth-order valence-corrected chi connectivity index (χ4v) is 5.13. The van der Waals surface area contributed by atoms with Gasteiger partial charge in [-0.05, 0) is 18.2 Å². The molecule has 1 N–H and O–H groups in total. The molecule has 2 aliphatic rings. The van der Waals surface area contributed by atoms with Crippen LogP contribution < -0.4 is 5.56 Å². The minimum Gasteiger partial charge on any atom is -0.478 e. The Morgan fingerprint density at radius 3 is 2.00 bits per heavy atom. The number of carbonyl (C=O) groups is 1. The molecule has 0 spiro atoms. The Kier molecular flexibility index (Phi) is 7.24. The van der Waals surface area contributed by atoms with Gasteiger partial charge in [0.15, 0.2) is 0 Å². The number of rotatable bonds is 7. The van der Waals surface area contributed by atoms with Crippen LogP contribution in [0.4, 0.5) is 0 Å². The zero-order valence-corrected chi connectivity index (χ0v) is 19.9. The lowest BCUT2D eigenvalue weighted by Gasteiger charge is -2.36.